The van der Waals surface area contributed by atoms with Crippen molar-refractivity contribution in [2.24, 2.45) is 5.92 Å². The Balaban J connectivity index is 1.97. The van der Waals surface area contributed by atoms with E-state index >= 15 is 0 Å². The molecule has 0 aromatic carbocycles. The molecule has 0 aliphatic carbocycles. The first-order valence-electron chi connectivity index (χ1n) is 6.21. The minimum atomic E-state index is 0.569. The van der Waals surface area contributed by atoms with E-state index in [1.807, 2.05) is 0 Å². The van der Waals surface area contributed by atoms with E-state index in [-0.39, 0.29) is 0 Å². The average Bonchev–Trinajstić information content (AvgIpc) is 2.87. The fraction of sp³-hybridized carbons (Fsp3) is 0.750. The molecule has 88 valence electrons. The molecular weight excluding hydrogens is 222 g/mol. The number of rotatable bonds is 1. The van der Waals surface area contributed by atoms with Crippen LogP contribution in [0.25, 0.3) is 0 Å². The van der Waals surface area contributed by atoms with E-state index in [0.717, 1.165) is 37.1 Å². The first-order chi connectivity index (χ1) is 7.75. The summed E-state index contributed by atoms with van der Waals surface area (Å²) in [5.74, 6) is 2.54. The van der Waals surface area contributed by atoms with Gasteiger partial charge in [0.1, 0.15) is 5.82 Å². The SMILES string of the molecule is CC1CCn2c(C3CCNC3)nc(Cl)c2C1. The molecule has 1 aromatic rings. The van der Waals surface area contributed by atoms with Crippen molar-refractivity contribution in [3.63, 3.8) is 0 Å². The van der Waals surface area contributed by atoms with Crippen molar-refractivity contribution in [3.05, 3.63) is 16.7 Å². The van der Waals surface area contributed by atoms with Crippen LogP contribution in [0, 0.1) is 5.92 Å². The van der Waals surface area contributed by atoms with Gasteiger partial charge in [0.05, 0.1) is 5.69 Å². The van der Waals surface area contributed by atoms with Gasteiger partial charge in [-0.3, -0.25) is 0 Å². The molecule has 0 spiro atoms. The molecule has 2 aliphatic heterocycles. The number of hydrogen-bond acceptors (Lipinski definition) is 2. The zero-order chi connectivity index (χ0) is 11.1. The molecule has 0 radical (unpaired) electrons. The molecule has 0 bridgehead atoms. The molecule has 4 heteroatoms. The van der Waals surface area contributed by atoms with E-state index in [9.17, 15) is 0 Å². The highest BCUT2D eigenvalue weighted by Gasteiger charge is 2.28. The number of halogens is 1. The van der Waals surface area contributed by atoms with Gasteiger partial charge in [-0.15, -0.1) is 0 Å². The second-order valence-electron chi connectivity index (χ2n) is 5.15. The Hall–Kier alpha value is -0.540. The minimum absolute atomic E-state index is 0.569. The minimum Gasteiger partial charge on any atom is -0.330 e. The third kappa shape index (κ3) is 1.66. The van der Waals surface area contributed by atoms with Gasteiger partial charge in [-0.25, -0.2) is 4.98 Å². The van der Waals surface area contributed by atoms with Crippen molar-refractivity contribution in [1.82, 2.24) is 14.9 Å². The molecule has 1 N–H and O–H groups in total. The molecule has 1 fully saturated rings. The third-order valence-corrected chi connectivity index (χ3v) is 4.17. The summed E-state index contributed by atoms with van der Waals surface area (Å²) in [5, 5.41) is 4.14. The summed E-state index contributed by atoms with van der Waals surface area (Å²) < 4.78 is 2.38. The highest BCUT2D eigenvalue weighted by Crippen LogP contribution is 2.32. The summed E-state index contributed by atoms with van der Waals surface area (Å²) in [4.78, 5) is 4.60. The standard InChI is InChI=1S/C12H18ClN3/c1-8-3-5-16-10(6-8)11(13)15-12(16)9-2-4-14-7-9/h8-9,14H,2-7H2,1H3. The highest BCUT2D eigenvalue weighted by molar-refractivity contribution is 6.30. The first-order valence-corrected chi connectivity index (χ1v) is 6.59. The maximum absolute atomic E-state index is 6.25. The van der Waals surface area contributed by atoms with Crippen LogP contribution < -0.4 is 5.32 Å². The van der Waals surface area contributed by atoms with E-state index in [2.05, 4.69) is 21.8 Å². The van der Waals surface area contributed by atoms with Gasteiger partial charge >= 0.3 is 0 Å². The average molecular weight is 240 g/mol. The maximum Gasteiger partial charge on any atom is 0.150 e. The Morgan fingerprint density at radius 2 is 2.31 bits per heavy atom. The zero-order valence-electron chi connectivity index (χ0n) is 9.67. The number of fused-ring (bicyclic) bond motifs is 1. The molecule has 16 heavy (non-hydrogen) atoms. The molecule has 3 rings (SSSR count). The van der Waals surface area contributed by atoms with Crippen LogP contribution in [0.2, 0.25) is 5.15 Å². The van der Waals surface area contributed by atoms with Gasteiger partial charge in [0.2, 0.25) is 0 Å². The summed E-state index contributed by atoms with van der Waals surface area (Å²) in [6.07, 6.45) is 3.54. The van der Waals surface area contributed by atoms with Crippen LogP contribution in [-0.2, 0) is 13.0 Å². The number of hydrogen-bond donors (Lipinski definition) is 1. The van der Waals surface area contributed by atoms with Crippen molar-refractivity contribution in [2.45, 2.75) is 38.6 Å². The quantitative estimate of drug-likeness (QED) is 0.814. The van der Waals surface area contributed by atoms with E-state index < -0.39 is 0 Å². The van der Waals surface area contributed by atoms with Gasteiger partial charge in [-0.1, -0.05) is 18.5 Å². The molecule has 3 heterocycles. The summed E-state index contributed by atoms with van der Waals surface area (Å²) in [7, 11) is 0. The van der Waals surface area contributed by atoms with Gasteiger partial charge in [-0.2, -0.15) is 0 Å². The van der Waals surface area contributed by atoms with Gasteiger partial charge in [0, 0.05) is 19.0 Å². The normalized spacial score (nSPS) is 29.4. The van der Waals surface area contributed by atoms with E-state index in [4.69, 9.17) is 11.6 Å². The lowest BCUT2D eigenvalue weighted by molar-refractivity contribution is 0.403. The summed E-state index contributed by atoms with van der Waals surface area (Å²) >= 11 is 6.25. The van der Waals surface area contributed by atoms with Gasteiger partial charge in [-0.05, 0) is 31.7 Å². The van der Waals surface area contributed by atoms with Crippen LogP contribution in [0.15, 0.2) is 0 Å². The molecule has 2 aliphatic rings. The van der Waals surface area contributed by atoms with Crippen molar-refractivity contribution in [1.29, 1.82) is 0 Å². The number of imidazole rings is 1. The monoisotopic (exact) mass is 239 g/mol. The van der Waals surface area contributed by atoms with Crippen LogP contribution in [0.4, 0.5) is 0 Å². The second kappa shape index (κ2) is 4.04. The Bertz CT molecular complexity index is 393. The Morgan fingerprint density at radius 1 is 1.44 bits per heavy atom. The number of nitrogens with zero attached hydrogens (tertiary/aromatic N) is 2. The van der Waals surface area contributed by atoms with Gasteiger partial charge in [0.15, 0.2) is 5.15 Å². The van der Waals surface area contributed by atoms with Gasteiger partial charge < -0.3 is 9.88 Å². The predicted octanol–water partition coefficient (Wildman–Crippen LogP) is 2.20. The molecule has 0 amide bonds. The zero-order valence-corrected chi connectivity index (χ0v) is 10.4. The van der Waals surface area contributed by atoms with Crippen molar-refractivity contribution < 1.29 is 0 Å². The van der Waals surface area contributed by atoms with Crippen molar-refractivity contribution >= 4 is 11.6 Å². The van der Waals surface area contributed by atoms with E-state index in [1.165, 1.54) is 24.4 Å². The highest BCUT2D eigenvalue weighted by atomic mass is 35.5. The Kier molecular flexibility index (Phi) is 2.68. The van der Waals surface area contributed by atoms with E-state index in [0.29, 0.717) is 5.92 Å². The number of nitrogens with one attached hydrogen (secondary N) is 1. The van der Waals surface area contributed by atoms with Crippen LogP contribution in [0.3, 0.4) is 0 Å². The fourth-order valence-corrected chi connectivity index (χ4v) is 3.15. The number of aromatic nitrogens is 2. The topological polar surface area (TPSA) is 29.9 Å². The lowest BCUT2D eigenvalue weighted by atomic mass is 9.98. The molecule has 1 saturated heterocycles. The second-order valence-corrected chi connectivity index (χ2v) is 5.50. The molecule has 0 saturated carbocycles. The third-order valence-electron chi connectivity index (χ3n) is 3.87. The summed E-state index contributed by atoms with van der Waals surface area (Å²) in [5.41, 5.74) is 1.27. The molecule has 2 atom stereocenters. The first kappa shape index (κ1) is 10.6. The lowest BCUT2D eigenvalue weighted by Crippen LogP contribution is -2.20. The summed E-state index contributed by atoms with van der Waals surface area (Å²) in [6, 6.07) is 0. The van der Waals surface area contributed by atoms with E-state index in [1.54, 1.807) is 0 Å². The van der Waals surface area contributed by atoms with Crippen LogP contribution >= 0.6 is 11.6 Å². The maximum atomic E-state index is 6.25. The molecule has 3 nitrogen and oxygen atoms in total. The largest absolute Gasteiger partial charge is 0.330 e. The Labute approximate surface area is 101 Å². The van der Waals surface area contributed by atoms with Crippen LogP contribution in [-0.4, -0.2) is 22.6 Å². The molecule has 2 unspecified atom stereocenters. The smallest absolute Gasteiger partial charge is 0.150 e. The van der Waals surface area contributed by atoms with Gasteiger partial charge in [0.25, 0.3) is 0 Å². The molecule has 1 aromatic heterocycles. The predicted molar refractivity (Wildman–Crippen MR) is 64.9 cm³/mol. The van der Waals surface area contributed by atoms with Crippen molar-refractivity contribution in [3.8, 4) is 0 Å². The fourth-order valence-electron chi connectivity index (χ4n) is 2.89. The van der Waals surface area contributed by atoms with Crippen LogP contribution in [0.5, 0.6) is 0 Å². The summed E-state index contributed by atoms with van der Waals surface area (Å²) in [6.45, 7) is 5.56. The lowest BCUT2D eigenvalue weighted by Gasteiger charge is -2.23. The molecular formula is C12H18ClN3. The van der Waals surface area contributed by atoms with Crippen molar-refractivity contribution in [2.75, 3.05) is 13.1 Å². The van der Waals surface area contributed by atoms with Crippen LogP contribution in [0.1, 0.15) is 37.2 Å². The Morgan fingerprint density at radius 3 is 3.06 bits per heavy atom.